The zero-order valence-corrected chi connectivity index (χ0v) is 19.2. The van der Waals surface area contributed by atoms with Crippen LogP contribution in [0.3, 0.4) is 0 Å². The molecule has 1 aromatic heterocycles. The second-order valence-electron chi connectivity index (χ2n) is 7.01. The molecule has 6 nitrogen and oxygen atoms in total. The van der Waals surface area contributed by atoms with Gasteiger partial charge in [0, 0.05) is 27.5 Å². The van der Waals surface area contributed by atoms with Crippen LogP contribution in [0.5, 0.6) is 5.75 Å². The molecule has 0 aliphatic carbocycles. The van der Waals surface area contributed by atoms with Crippen molar-refractivity contribution in [1.29, 1.82) is 0 Å². The summed E-state index contributed by atoms with van der Waals surface area (Å²) in [6.07, 6.45) is 0. The highest BCUT2D eigenvalue weighted by atomic mass is 35.5. The van der Waals surface area contributed by atoms with Gasteiger partial charge in [-0.3, -0.25) is 4.79 Å². The molecule has 0 saturated heterocycles. The quantitative estimate of drug-likeness (QED) is 0.388. The molecule has 4 rings (SSSR count). The molecule has 0 aliphatic heterocycles. The Bertz CT molecular complexity index is 1430. The molecule has 4 aromatic rings. The summed E-state index contributed by atoms with van der Waals surface area (Å²) in [5.74, 6) is 0.0852. The number of ether oxygens (including phenoxy) is 1. The first-order valence-corrected chi connectivity index (χ1v) is 11.8. The van der Waals surface area contributed by atoms with Crippen molar-refractivity contribution in [3.63, 3.8) is 0 Å². The Balaban J connectivity index is 1.78. The van der Waals surface area contributed by atoms with E-state index in [2.05, 4.69) is 10.3 Å². The average Bonchev–Trinajstić information content (AvgIpc) is 3.17. The van der Waals surface area contributed by atoms with Crippen LogP contribution in [0.4, 0.5) is 0 Å². The monoisotopic (exact) mass is 488 g/mol. The Morgan fingerprint density at radius 2 is 1.75 bits per heavy atom. The van der Waals surface area contributed by atoms with Crippen molar-refractivity contribution in [1.82, 2.24) is 10.3 Å². The lowest BCUT2D eigenvalue weighted by molar-refractivity contribution is 0.0943. The first-order valence-electron chi connectivity index (χ1n) is 9.52. The number of hydrogen-bond donors (Lipinski definition) is 2. The average molecular weight is 489 g/mol. The van der Waals surface area contributed by atoms with Gasteiger partial charge in [-0.25, -0.2) is 8.42 Å². The van der Waals surface area contributed by atoms with Crippen LogP contribution in [0.1, 0.15) is 16.1 Å². The summed E-state index contributed by atoms with van der Waals surface area (Å²) in [6.45, 7) is 0.183. The summed E-state index contributed by atoms with van der Waals surface area (Å²) in [5, 5.41) is 3.71. The standard InChI is InChI=1S/C23H18Cl2N2O4S/c1-31-17-6-2-4-14(10-17)13-26-23(28)21-22(19-12-16(25)8-9-20(19)27-21)32(29,30)18-7-3-5-15(24)11-18/h2-12,27H,13H2,1H3,(H,26,28). The molecule has 9 heteroatoms. The molecule has 1 amide bonds. The second kappa shape index (κ2) is 8.86. The van der Waals surface area contributed by atoms with Crippen LogP contribution >= 0.6 is 23.2 Å². The number of sulfone groups is 1. The predicted octanol–water partition coefficient (Wildman–Crippen LogP) is 5.25. The molecule has 0 fully saturated rings. The first kappa shape index (κ1) is 22.2. The minimum atomic E-state index is -4.09. The van der Waals surface area contributed by atoms with E-state index in [4.69, 9.17) is 27.9 Å². The van der Waals surface area contributed by atoms with Gasteiger partial charge < -0.3 is 15.0 Å². The van der Waals surface area contributed by atoms with E-state index in [0.29, 0.717) is 21.7 Å². The maximum Gasteiger partial charge on any atom is 0.269 e. The SMILES string of the molecule is COc1cccc(CNC(=O)c2[nH]c3ccc(Cl)cc3c2S(=O)(=O)c2cccc(Cl)c2)c1. The van der Waals surface area contributed by atoms with E-state index >= 15 is 0 Å². The van der Waals surface area contributed by atoms with E-state index in [1.165, 1.54) is 18.2 Å². The van der Waals surface area contributed by atoms with E-state index in [1.54, 1.807) is 49.6 Å². The number of benzene rings is 3. The van der Waals surface area contributed by atoms with Crippen molar-refractivity contribution in [2.45, 2.75) is 16.3 Å². The van der Waals surface area contributed by atoms with Gasteiger partial charge in [0.15, 0.2) is 0 Å². The highest BCUT2D eigenvalue weighted by molar-refractivity contribution is 7.91. The summed E-state index contributed by atoms with van der Waals surface area (Å²) in [5.41, 5.74) is 1.20. The Labute approximate surface area is 195 Å². The molecule has 0 saturated carbocycles. The molecule has 0 radical (unpaired) electrons. The van der Waals surface area contributed by atoms with Crippen LogP contribution in [0, 0.1) is 0 Å². The number of methoxy groups -OCH3 is 1. The van der Waals surface area contributed by atoms with Crippen molar-refractivity contribution in [2.75, 3.05) is 7.11 Å². The van der Waals surface area contributed by atoms with Gasteiger partial charge in [0.2, 0.25) is 9.84 Å². The van der Waals surface area contributed by atoms with Crippen LogP contribution in [0.2, 0.25) is 10.0 Å². The zero-order chi connectivity index (χ0) is 22.9. The maximum absolute atomic E-state index is 13.5. The first-order chi connectivity index (χ1) is 15.3. The number of carbonyl (C=O) groups is 1. The summed E-state index contributed by atoms with van der Waals surface area (Å²) < 4.78 is 32.3. The Morgan fingerprint density at radius 3 is 2.50 bits per heavy atom. The zero-order valence-electron chi connectivity index (χ0n) is 16.9. The number of aromatic amines is 1. The topological polar surface area (TPSA) is 88.3 Å². The number of H-pyrrole nitrogens is 1. The number of fused-ring (bicyclic) bond motifs is 1. The molecule has 0 aliphatic rings. The predicted molar refractivity (Wildman–Crippen MR) is 124 cm³/mol. The van der Waals surface area contributed by atoms with Crippen LogP contribution in [-0.2, 0) is 16.4 Å². The number of halogens is 2. The van der Waals surface area contributed by atoms with E-state index < -0.39 is 15.7 Å². The van der Waals surface area contributed by atoms with Gasteiger partial charge in [-0.2, -0.15) is 0 Å². The highest BCUT2D eigenvalue weighted by Crippen LogP contribution is 2.34. The fraction of sp³-hybridized carbons (Fsp3) is 0.0870. The molecule has 1 heterocycles. The molecule has 0 spiro atoms. The van der Waals surface area contributed by atoms with Crippen molar-refractivity contribution < 1.29 is 17.9 Å². The van der Waals surface area contributed by atoms with Crippen molar-refractivity contribution in [3.8, 4) is 5.75 Å². The number of hydrogen-bond acceptors (Lipinski definition) is 4. The Hall–Kier alpha value is -3.00. The molecule has 0 atom stereocenters. The lowest BCUT2D eigenvalue weighted by Gasteiger charge is -2.09. The maximum atomic E-state index is 13.5. The van der Waals surface area contributed by atoms with E-state index in [9.17, 15) is 13.2 Å². The number of amides is 1. The fourth-order valence-corrected chi connectivity index (χ4v) is 5.46. The van der Waals surface area contributed by atoms with Crippen molar-refractivity contribution >= 4 is 49.8 Å². The molecule has 0 unspecified atom stereocenters. The van der Waals surface area contributed by atoms with Gasteiger partial charge in [0.25, 0.3) is 5.91 Å². The number of rotatable bonds is 6. The van der Waals surface area contributed by atoms with E-state index in [1.807, 2.05) is 6.07 Å². The third-order valence-corrected chi connectivity index (χ3v) is 7.21. The van der Waals surface area contributed by atoms with Crippen LogP contribution in [0.15, 0.2) is 76.5 Å². The van der Waals surface area contributed by atoms with Crippen LogP contribution in [-0.4, -0.2) is 26.4 Å². The van der Waals surface area contributed by atoms with Gasteiger partial charge in [-0.1, -0.05) is 41.4 Å². The lowest BCUT2D eigenvalue weighted by Crippen LogP contribution is -2.25. The molecule has 0 bridgehead atoms. The van der Waals surface area contributed by atoms with Crippen molar-refractivity contribution in [3.05, 3.63) is 88.0 Å². The smallest absolute Gasteiger partial charge is 0.269 e. The number of nitrogens with one attached hydrogen (secondary N) is 2. The molecule has 2 N–H and O–H groups in total. The van der Waals surface area contributed by atoms with Gasteiger partial charge in [0.1, 0.15) is 16.3 Å². The fourth-order valence-electron chi connectivity index (χ4n) is 3.38. The van der Waals surface area contributed by atoms with E-state index in [-0.39, 0.29) is 27.1 Å². The largest absolute Gasteiger partial charge is 0.497 e. The second-order valence-corrected chi connectivity index (χ2v) is 9.77. The summed E-state index contributed by atoms with van der Waals surface area (Å²) in [4.78, 5) is 15.9. The van der Waals surface area contributed by atoms with Gasteiger partial charge in [-0.15, -0.1) is 0 Å². The number of carbonyl (C=O) groups excluding carboxylic acids is 1. The van der Waals surface area contributed by atoms with Crippen molar-refractivity contribution in [2.24, 2.45) is 0 Å². The van der Waals surface area contributed by atoms with E-state index in [0.717, 1.165) is 5.56 Å². The third kappa shape index (κ3) is 4.32. The molecule has 32 heavy (non-hydrogen) atoms. The molecular weight excluding hydrogens is 471 g/mol. The summed E-state index contributed by atoms with van der Waals surface area (Å²) in [7, 11) is -2.53. The van der Waals surface area contributed by atoms with Gasteiger partial charge in [-0.05, 0) is 54.1 Å². The highest BCUT2D eigenvalue weighted by Gasteiger charge is 2.30. The number of aromatic nitrogens is 1. The Morgan fingerprint density at radius 1 is 1.00 bits per heavy atom. The van der Waals surface area contributed by atoms with Crippen LogP contribution in [0.25, 0.3) is 10.9 Å². The van der Waals surface area contributed by atoms with Gasteiger partial charge >= 0.3 is 0 Å². The third-order valence-electron chi connectivity index (χ3n) is 4.90. The molecular formula is C23H18Cl2N2O4S. The minimum absolute atomic E-state index is 0.0206. The molecule has 164 valence electrons. The minimum Gasteiger partial charge on any atom is -0.497 e. The summed E-state index contributed by atoms with van der Waals surface area (Å²) in [6, 6.07) is 17.9. The molecule has 3 aromatic carbocycles. The Kier molecular flexibility index (Phi) is 6.15. The summed E-state index contributed by atoms with van der Waals surface area (Å²) >= 11 is 12.1. The van der Waals surface area contributed by atoms with Crippen LogP contribution < -0.4 is 10.1 Å². The lowest BCUT2D eigenvalue weighted by atomic mass is 10.2. The van der Waals surface area contributed by atoms with Gasteiger partial charge in [0.05, 0.1) is 12.0 Å². The normalized spacial score (nSPS) is 11.5.